The molecule has 1 amide bonds. The van der Waals surface area contributed by atoms with E-state index in [1.165, 1.54) is 0 Å². The summed E-state index contributed by atoms with van der Waals surface area (Å²) in [6.45, 7) is 2.08. The van der Waals surface area contributed by atoms with Crippen LogP contribution < -0.4 is 5.73 Å². The summed E-state index contributed by atoms with van der Waals surface area (Å²) in [7, 11) is 0. The van der Waals surface area contributed by atoms with Gasteiger partial charge in [0.1, 0.15) is 6.10 Å². The fourth-order valence-electron chi connectivity index (χ4n) is 1.44. The number of carbonyl (C=O) groups excluding carboxylic acids is 1. The highest BCUT2D eigenvalue weighted by Crippen LogP contribution is 2.27. The second kappa shape index (κ2) is 2.90. The Hall–Kier alpha value is -0.730. The molecule has 0 saturated heterocycles. The van der Waals surface area contributed by atoms with Crippen LogP contribution in [0.1, 0.15) is 26.2 Å². The third kappa shape index (κ3) is 1.62. The van der Waals surface area contributed by atoms with Gasteiger partial charge in [-0.3, -0.25) is 0 Å². The zero-order valence-corrected chi connectivity index (χ0v) is 6.17. The third-order valence-corrected chi connectivity index (χ3v) is 2.05. The number of nitrogens with two attached hydrogens (primary N) is 1. The molecule has 2 atom stereocenters. The van der Waals surface area contributed by atoms with Crippen LogP contribution >= 0.6 is 0 Å². The molecule has 0 aromatic rings. The molecule has 2 N–H and O–H groups in total. The first kappa shape index (κ1) is 7.38. The monoisotopic (exact) mass is 143 g/mol. The molecule has 1 rings (SSSR count). The highest BCUT2D eigenvalue weighted by Gasteiger charge is 2.25. The summed E-state index contributed by atoms with van der Waals surface area (Å²) in [6.07, 6.45) is 2.72. The Kier molecular flexibility index (Phi) is 2.14. The number of rotatable bonds is 1. The summed E-state index contributed by atoms with van der Waals surface area (Å²) in [5.41, 5.74) is 4.87. The van der Waals surface area contributed by atoms with Crippen LogP contribution in [0.5, 0.6) is 0 Å². The van der Waals surface area contributed by atoms with Gasteiger partial charge in [-0.25, -0.2) is 4.79 Å². The van der Waals surface area contributed by atoms with Gasteiger partial charge in [0.2, 0.25) is 0 Å². The van der Waals surface area contributed by atoms with Crippen molar-refractivity contribution in [2.24, 2.45) is 11.7 Å². The van der Waals surface area contributed by atoms with Crippen molar-refractivity contribution >= 4 is 6.09 Å². The molecule has 3 heteroatoms. The molecule has 0 radical (unpaired) electrons. The van der Waals surface area contributed by atoms with Crippen LogP contribution in [0.2, 0.25) is 0 Å². The van der Waals surface area contributed by atoms with E-state index >= 15 is 0 Å². The minimum Gasteiger partial charge on any atom is -0.446 e. The van der Waals surface area contributed by atoms with Gasteiger partial charge >= 0.3 is 6.09 Å². The van der Waals surface area contributed by atoms with Gasteiger partial charge in [0.25, 0.3) is 0 Å². The van der Waals surface area contributed by atoms with Gasteiger partial charge in [-0.05, 0) is 25.2 Å². The van der Waals surface area contributed by atoms with Crippen LogP contribution in [-0.2, 0) is 4.74 Å². The highest BCUT2D eigenvalue weighted by molar-refractivity contribution is 5.64. The molecule has 1 saturated carbocycles. The molecule has 0 heterocycles. The summed E-state index contributed by atoms with van der Waals surface area (Å²) < 4.78 is 4.86. The fourth-order valence-corrected chi connectivity index (χ4v) is 1.44. The van der Waals surface area contributed by atoms with Crippen LogP contribution in [0, 0.1) is 5.92 Å². The number of ether oxygens (including phenoxy) is 1. The summed E-state index contributed by atoms with van der Waals surface area (Å²) in [4.78, 5) is 10.3. The number of amides is 1. The van der Waals surface area contributed by atoms with Crippen molar-refractivity contribution in [3.05, 3.63) is 0 Å². The van der Waals surface area contributed by atoms with E-state index < -0.39 is 6.09 Å². The van der Waals surface area contributed by atoms with Crippen molar-refractivity contribution in [1.29, 1.82) is 0 Å². The number of primary amides is 1. The summed E-state index contributed by atoms with van der Waals surface area (Å²) >= 11 is 0. The molecule has 1 aliphatic rings. The highest BCUT2D eigenvalue weighted by atomic mass is 16.6. The third-order valence-electron chi connectivity index (χ3n) is 2.05. The zero-order chi connectivity index (χ0) is 7.56. The van der Waals surface area contributed by atoms with Crippen molar-refractivity contribution in [2.45, 2.75) is 32.3 Å². The SMILES string of the molecule is CC1CCC[C@@H]1OC(N)=O. The molecule has 1 aliphatic carbocycles. The quantitative estimate of drug-likeness (QED) is 0.601. The first-order valence-corrected chi connectivity index (χ1v) is 3.66. The van der Waals surface area contributed by atoms with Gasteiger partial charge in [0.05, 0.1) is 0 Å². The Balaban J connectivity index is 2.33. The molecule has 3 nitrogen and oxygen atoms in total. The van der Waals surface area contributed by atoms with Crippen molar-refractivity contribution < 1.29 is 9.53 Å². The van der Waals surface area contributed by atoms with Gasteiger partial charge in [-0.1, -0.05) is 6.92 Å². The molecule has 1 unspecified atom stereocenters. The summed E-state index contributed by atoms with van der Waals surface area (Å²) in [5.74, 6) is 0.493. The van der Waals surface area contributed by atoms with Crippen LogP contribution in [0.15, 0.2) is 0 Å². The van der Waals surface area contributed by atoms with Crippen molar-refractivity contribution in [3.8, 4) is 0 Å². The van der Waals surface area contributed by atoms with Crippen LogP contribution in [0.4, 0.5) is 4.79 Å². The van der Waals surface area contributed by atoms with E-state index in [0.29, 0.717) is 5.92 Å². The second-order valence-corrected chi connectivity index (χ2v) is 2.88. The summed E-state index contributed by atoms with van der Waals surface area (Å²) in [6, 6.07) is 0. The topological polar surface area (TPSA) is 52.3 Å². The van der Waals surface area contributed by atoms with E-state index in [1.807, 2.05) is 0 Å². The summed E-state index contributed by atoms with van der Waals surface area (Å²) in [5, 5.41) is 0. The van der Waals surface area contributed by atoms with E-state index in [0.717, 1.165) is 19.3 Å². The van der Waals surface area contributed by atoms with E-state index in [9.17, 15) is 4.79 Å². The van der Waals surface area contributed by atoms with Crippen LogP contribution in [0.25, 0.3) is 0 Å². The molecule has 58 valence electrons. The van der Waals surface area contributed by atoms with E-state index in [2.05, 4.69) is 6.92 Å². The predicted octanol–water partition coefficient (Wildman–Crippen LogP) is 1.27. The number of hydrogen-bond acceptors (Lipinski definition) is 2. The number of hydrogen-bond donors (Lipinski definition) is 1. The Labute approximate surface area is 60.5 Å². The Morgan fingerprint density at radius 2 is 2.30 bits per heavy atom. The van der Waals surface area contributed by atoms with Crippen molar-refractivity contribution in [1.82, 2.24) is 0 Å². The largest absolute Gasteiger partial charge is 0.446 e. The standard InChI is InChI=1S/C7H13NO2/c1-5-3-2-4-6(5)10-7(8)9/h5-6H,2-4H2,1H3,(H2,8,9)/t5?,6-/m0/s1. The Bertz CT molecular complexity index is 136. The number of carbonyl (C=O) groups is 1. The van der Waals surface area contributed by atoms with Crippen LogP contribution in [0.3, 0.4) is 0 Å². The predicted molar refractivity (Wildman–Crippen MR) is 37.5 cm³/mol. The maximum Gasteiger partial charge on any atom is 0.404 e. The molecule has 0 spiro atoms. The average molecular weight is 143 g/mol. The molecule has 0 aromatic heterocycles. The zero-order valence-electron chi connectivity index (χ0n) is 6.17. The Morgan fingerprint density at radius 1 is 1.60 bits per heavy atom. The normalized spacial score (nSPS) is 32.1. The second-order valence-electron chi connectivity index (χ2n) is 2.88. The lowest BCUT2D eigenvalue weighted by molar-refractivity contribution is 0.0880. The van der Waals surface area contributed by atoms with Gasteiger partial charge in [0.15, 0.2) is 0 Å². The van der Waals surface area contributed by atoms with E-state index in [-0.39, 0.29) is 6.10 Å². The van der Waals surface area contributed by atoms with E-state index in [1.54, 1.807) is 0 Å². The molecular formula is C7H13NO2. The molecule has 0 aliphatic heterocycles. The van der Waals surface area contributed by atoms with Gasteiger partial charge < -0.3 is 10.5 Å². The van der Waals surface area contributed by atoms with Crippen LogP contribution in [-0.4, -0.2) is 12.2 Å². The fraction of sp³-hybridized carbons (Fsp3) is 0.857. The molecular weight excluding hydrogens is 130 g/mol. The van der Waals surface area contributed by atoms with E-state index in [4.69, 9.17) is 10.5 Å². The lowest BCUT2D eigenvalue weighted by Gasteiger charge is -2.13. The minimum atomic E-state index is -0.640. The van der Waals surface area contributed by atoms with Gasteiger partial charge in [0, 0.05) is 0 Å². The lowest BCUT2D eigenvalue weighted by Crippen LogP contribution is -2.24. The van der Waals surface area contributed by atoms with Gasteiger partial charge in [-0.15, -0.1) is 0 Å². The van der Waals surface area contributed by atoms with Crippen molar-refractivity contribution in [3.63, 3.8) is 0 Å². The molecule has 1 fully saturated rings. The van der Waals surface area contributed by atoms with Crippen molar-refractivity contribution in [2.75, 3.05) is 0 Å². The Morgan fingerprint density at radius 3 is 2.70 bits per heavy atom. The molecule has 10 heavy (non-hydrogen) atoms. The first-order chi connectivity index (χ1) is 4.70. The smallest absolute Gasteiger partial charge is 0.404 e. The molecule has 0 aromatic carbocycles. The first-order valence-electron chi connectivity index (χ1n) is 3.66. The maximum atomic E-state index is 10.3. The maximum absolute atomic E-state index is 10.3. The lowest BCUT2D eigenvalue weighted by atomic mass is 10.1. The average Bonchev–Trinajstić information content (AvgIpc) is 2.15. The van der Waals surface area contributed by atoms with Gasteiger partial charge in [-0.2, -0.15) is 0 Å². The molecule has 0 bridgehead atoms. The minimum absolute atomic E-state index is 0.0810.